The van der Waals surface area contributed by atoms with E-state index in [9.17, 15) is 4.79 Å². The highest BCUT2D eigenvalue weighted by molar-refractivity contribution is 5.76. The van der Waals surface area contributed by atoms with E-state index < -0.39 is 0 Å². The summed E-state index contributed by atoms with van der Waals surface area (Å²) in [6, 6.07) is 8.42. The highest BCUT2D eigenvalue weighted by atomic mass is 16.1. The van der Waals surface area contributed by atoms with Crippen molar-refractivity contribution >= 4 is 16.9 Å². The van der Waals surface area contributed by atoms with Gasteiger partial charge in [0.15, 0.2) is 0 Å². The maximum absolute atomic E-state index is 11.4. The number of carbonyl (C=O) groups excluding carboxylic acids is 1. The van der Waals surface area contributed by atoms with Crippen LogP contribution in [0.3, 0.4) is 0 Å². The number of hydrogen-bond donors (Lipinski definition) is 1. The fraction of sp³-hybridized carbons (Fsp3) is 0.636. The third-order valence-electron chi connectivity index (χ3n) is 4.94. The molecule has 0 saturated heterocycles. The van der Waals surface area contributed by atoms with E-state index in [-0.39, 0.29) is 5.91 Å². The van der Waals surface area contributed by atoms with Crippen LogP contribution in [0.25, 0.3) is 11.0 Å². The van der Waals surface area contributed by atoms with Crippen LogP contribution in [-0.4, -0.2) is 22.0 Å². The van der Waals surface area contributed by atoms with Gasteiger partial charge in [0, 0.05) is 25.9 Å². The lowest BCUT2D eigenvalue weighted by molar-refractivity contribution is -0.120. The van der Waals surface area contributed by atoms with Crippen molar-refractivity contribution in [2.75, 3.05) is 6.54 Å². The lowest BCUT2D eigenvalue weighted by atomic mass is 10.1. The average Bonchev–Trinajstić information content (AvgIpc) is 3.02. The quantitative estimate of drug-likeness (QED) is 0.498. The minimum Gasteiger partial charge on any atom is -0.356 e. The van der Waals surface area contributed by atoms with Crippen molar-refractivity contribution < 1.29 is 4.79 Å². The molecular weight excluding hydrogens is 322 g/mol. The summed E-state index contributed by atoms with van der Waals surface area (Å²) in [5.74, 6) is 1.28. The van der Waals surface area contributed by atoms with E-state index >= 15 is 0 Å². The smallest absolute Gasteiger partial charge is 0.219 e. The summed E-state index contributed by atoms with van der Waals surface area (Å²) in [6.45, 7) is 5.93. The van der Waals surface area contributed by atoms with Crippen LogP contribution in [-0.2, 0) is 17.8 Å². The van der Waals surface area contributed by atoms with Crippen molar-refractivity contribution in [3.63, 3.8) is 0 Å². The summed E-state index contributed by atoms with van der Waals surface area (Å²) in [7, 11) is 0. The Bertz CT molecular complexity index is 662. The molecule has 4 heteroatoms. The Morgan fingerprint density at radius 2 is 1.73 bits per heavy atom. The summed E-state index contributed by atoms with van der Waals surface area (Å²) >= 11 is 0. The molecule has 0 aliphatic heterocycles. The summed E-state index contributed by atoms with van der Waals surface area (Å²) in [4.78, 5) is 16.2. The minimum absolute atomic E-state index is 0.126. The van der Waals surface area contributed by atoms with Gasteiger partial charge in [0.05, 0.1) is 11.0 Å². The van der Waals surface area contributed by atoms with Gasteiger partial charge in [-0.25, -0.2) is 4.98 Å². The Balaban J connectivity index is 1.87. The molecule has 2 aromatic rings. The number of carbonyl (C=O) groups is 1. The minimum atomic E-state index is 0.126. The standard InChI is InChI=1S/C22H35N3O/c1-3-5-6-7-8-9-12-18-25-20-15-11-10-14-19(20)24-21(25)16-13-17-23-22(26)4-2/h10-11,14-15H,3-9,12-13,16-18H2,1-2H3,(H,23,26). The molecule has 26 heavy (non-hydrogen) atoms. The maximum atomic E-state index is 11.4. The number of aromatic nitrogens is 2. The highest BCUT2D eigenvalue weighted by Gasteiger charge is 2.10. The largest absolute Gasteiger partial charge is 0.356 e. The second kappa shape index (κ2) is 11.7. The van der Waals surface area contributed by atoms with E-state index in [0.29, 0.717) is 6.42 Å². The molecule has 1 heterocycles. The maximum Gasteiger partial charge on any atom is 0.219 e. The number of unbranched alkanes of at least 4 members (excludes halogenated alkanes) is 6. The molecule has 1 aromatic carbocycles. The topological polar surface area (TPSA) is 46.9 Å². The predicted molar refractivity (Wildman–Crippen MR) is 109 cm³/mol. The van der Waals surface area contributed by atoms with E-state index in [2.05, 4.69) is 41.1 Å². The number of rotatable bonds is 13. The molecule has 0 fully saturated rings. The fourth-order valence-electron chi connectivity index (χ4n) is 3.39. The van der Waals surface area contributed by atoms with E-state index in [0.717, 1.165) is 37.3 Å². The number of benzene rings is 1. The molecular formula is C22H35N3O. The lowest BCUT2D eigenvalue weighted by Gasteiger charge is -2.10. The normalized spacial score (nSPS) is 11.2. The molecule has 0 aliphatic rings. The van der Waals surface area contributed by atoms with Crippen LogP contribution in [0.2, 0.25) is 0 Å². The second-order valence-corrected chi connectivity index (χ2v) is 7.10. The molecule has 1 N–H and O–H groups in total. The average molecular weight is 358 g/mol. The zero-order valence-corrected chi connectivity index (χ0v) is 16.6. The Morgan fingerprint density at radius 3 is 2.50 bits per heavy atom. The molecule has 1 aromatic heterocycles. The Labute approximate surface area is 158 Å². The van der Waals surface area contributed by atoms with Crippen LogP contribution >= 0.6 is 0 Å². The van der Waals surface area contributed by atoms with Gasteiger partial charge in [0.2, 0.25) is 5.91 Å². The molecule has 144 valence electrons. The fourth-order valence-corrected chi connectivity index (χ4v) is 3.39. The first-order chi connectivity index (χ1) is 12.8. The lowest BCUT2D eigenvalue weighted by Crippen LogP contribution is -2.23. The Hall–Kier alpha value is -1.84. The van der Waals surface area contributed by atoms with E-state index in [1.165, 1.54) is 50.5 Å². The van der Waals surface area contributed by atoms with Gasteiger partial charge < -0.3 is 9.88 Å². The summed E-state index contributed by atoms with van der Waals surface area (Å²) in [5, 5.41) is 2.96. The van der Waals surface area contributed by atoms with Crippen LogP contribution < -0.4 is 5.32 Å². The molecule has 0 aliphatic carbocycles. The summed E-state index contributed by atoms with van der Waals surface area (Å²) < 4.78 is 2.39. The number of nitrogens with zero attached hydrogens (tertiary/aromatic N) is 2. The van der Waals surface area contributed by atoms with Crippen LogP contribution in [0.15, 0.2) is 24.3 Å². The molecule has 0 bridgehead atoms. The Kier molecular flexibility index (Phi) is 9.22. The second-order valence-electron chi connectivity index (χ2n) is 7.10. The molecule has 0 saturated carbocycles. The van der Waals surface area contributed by atoms with Crippen molar-refractivity contribution in [2.45, 2.75) is 84.6 Å². The molecule has 0 atom stereocenters. The first-order valence-corrected chi connectivity index (χ1v) is 10.5. The van der Waals surface area contributed by atoms with Crippen molar-refractivity contribution in [2.24, 2.45) is 0 Å². The van der Waals surface area contributed by atoms with E-state index in [4.69, 9.17) is 4.98 Å². The van der Waals surface area contributed by atoms with Crippen molar-refractivity contribution in [1.82, 2.24) is 14.9 Å². The zero-order chi connectivity index (χ0) is 18.6. The van der Waals surface area contributed by atoms with Gasteiger partial charge in [-0.15, -0.1) is 0 Å². The SMILES string of the molecule is CCCCCCCCCn1c(CCCNC(=O)CC)nc2ccccc21. The van der Waals surface area contributed by atoms with Crippen molar-refractivity contribution in [3.05, 3.63) is 30.1 Å². The van der Waals surface area contributed by atoms with Gasteiger partial charge in [0.25, 0.3) is 0 Å². The van der Waals surface area contributed by atoms with Gasteiger partial charge in [-0.05, 0) is 25.0 Å². The van der Waals surface area contributed by atoms with Gasteiger partial charge in [-0.3, -0.25) is 4.79 Å². The molecule has 1 amide bonds. The number of nitrogens with one attached hydrogen (secondary N) is 1. The van der Waals surface area contributed by atoms with Gasteiger partial charge in [-0.1, -0.05) is 64.5 Å². The zero-order valence-electron chi connectivity index (χ0n) is 16.6. The monoisotopic (exact) mass is 357 g/mol. The number of fused-ring (bicyclic) bond motifs is 1. The predicted octanol–water partition coefficient (Wildman–Crippen LogP) is 5.25. The third kappa shape index (κ3) is 6.47. The van der Waals surface area contributed by atoms with Crippen LogP contribution in [0, 0.1) is 0 Å². The van der Waals surface area contributed by atoms with Gasteiger partial charge >= 0.3 is 0 Å². The van der Waals surface area contributed by atoms with Crippen LogP contribution in [0.4, 0.5) is 0 Å². The van der Waals surface area contributed by atoms with Crippen molar-refractivity contribution in [1.29, 1.82) is 0 Å². The van der Waals surface area contributed by atoms with E-state index in [1.807, 2.05) is 6.92 Å². The van der Waals surface area contributed by atoms with Crippen LogP contribution in [0.1, 0.15) is 77.5 Å². The molecule has 0 radical (unpaired) electrons. The molecule has 4 nitrogen and oxygen atoms in total. The first-order valence-electron chi connectivity index (χ1n) is 10.5. The third-order valence-corrected chi connectivity index (χ3v) is 4.94. The summed E-state index contributed by atoms with van der Waals surface area (Å²) in [5.41, 5.74) is 2.33. The number of aryl methyl sites for hydroxylation is 2. The number of amides is 1. The summed E-state index contributed by atoms with van der Waals surface area (Å²) in [6.07, 6.45) is 11.7. The molecule has 0 spiro atoms. The molecule has 2 rings (SSSR count). The highest BCUT2D eigenvalue weighted by Crippen LogP contribution is 2.18. The number of hydrogen-bond acceptors (Lipinski definition) is 2. The van der Waals surface area contributed by atoms with Crippen molar-refractivity contribution in [3.8, 4) is 0 Å². The number of para-hydroxylation sites is 2. The van der Waals surface area contributed by atoms with Crippen LogP contribution in [0.5, 0.6) is 0 Å². The molecule has 0 unspecified atom stereocenters. The Morgan fingerprint density at radius 1 is 1.00 bits per heavy atom. The van der Waals surface area contributed by atoms with Gasteiger partial charge in [0.1, 0.15) is 5.82 Å². The van der Waals surface area contributed by atoms with Gasteiger partial charge in [-0.2, -0.15) is 0 Å². The first kappa shape index (κ1) is 20.5. The van der Waals surface area contributed by atoms with E-state index in [1.54, 1.807) is 0 Å². The number of imidazole rings is 1.